The molecule has 1 aromatic carbocycles. The van der Waals surface area contributed by atoms with E-state index in [1.165, 1.54) is 12.1 Å². The van der Waals surface area contributed by atoms with Crippen molar-refractivity contribution in [3.05, 3.63) is 34.5 Å². The number of aryl methyl sites for hydroxylation is 1. The first-order chi connectivity index (χ1) is 6.59. The molecule has 74 valence electrons. The molecule has 0 saturated heterocycles. The highest BCUT2D eigenvalue weighted by atomic mass is 35.5. The van der Waals surface area contributed by atoms with Crippen LogP contribution in [0.1, 0.15) is 17.7 Å². The van der Waals surface area contributed by atoms with Gasteiger partial charge in [-0.15, -0.1) is 0 Å². The minimum absolute atomic E-state index is 0.0220. The molecule has 0 unspecified atom stereocenters. The number of benzene rings is 1. The lowest BCUT2D eigenvalue weighted by Gasteiger charge is -2.02. The van der Waals surface area contributed by atoms with Gasteiger partial charge in [-0.25, -0.2) is 8.78 Å². The number of aromatic amines is 1. The molecule has 0 aliphatic heterocycles. The van der Waals surface area contributed by atoms with Crippen LogP contribution in [-0.2, 0) is 0 Å². The molecular weight excluding hydrogens is 208 g/mol. The minimum Gasteiger partial charge on any atom is -0.357 e. The Hall–Kier alpha value is -1.09. The standard InChI is InChI=1S/C10H8ClF2N/c1-5-4-7-6(10(12)13)2-3-8(11)9(7)14-5/h2-4,10,14H,1H3. The average Bonchev–Trinajstić information content (AvgIpc) is 2.47. The zero-order chi connectivity index (χ0) is 10.3. The van der Waals surface area contributed by atoms with E-state index in [0.29, 0.717) is 15.9 Å². The summed E-state index contributed by atoms with van der Waals surface area (Å²) in [5.74, 6) is 0. The summed E-state index contributed by atoms with van der Waals surface area (Å²) < 4.78 is 25.2. The van der Waals surface area contributed by atoms with Crippen molar-refractivity contribution in [3.63, 3.8) is 0 Å². The first-order valence-corrected chi connectivity index (χ1v) is 4.53. The predicted molar refractivity (Wildman–Crippen MR) is 53.0 cm³/mol. The summed E-state index contributed by atoms with van der Waals surface area (Å²) in [7, 11) is 0. The first-order valence-electron chi connectivity index (χ1n) is 4.15. The van der Waals surface area contributed by atoms with Gasteiger partial charge in [0, 0.05) is 16.6 Å². The lowest BCUT2D eigenvalue weighted by Crippen LogP contribution is -1.84. The van der Waals surface area contributed by atoms with Crippen LogP contribution in [0.3, 0.4) is 0 Å². The van der Waals surface area contributed by atoms with Crippen molar-refractivity contribution in [2.45, 2.75) is 13.3 Å². The van der Waals surface area contributed by atoms with Gasteiger partial charge in [-0.3, -0.25) is 0 Å². The van der Waals surface area contributed by atoms with Crippen molar-refractivity contribution in [2.75, 3.05) is 0 Å². The van der Waals surface area contributed by atoms with Gasteiger partial charge in [-0.2, -0.15) is 0 Å². The maximum Gasteiger partial charge on any atom is 0.264 e. The van der Waals surface area contributed by atoms with Gasteiger partial charge in [0.2, 0.25) is 0 Å². The SMILES string of the molecule is Cc1cc2c(C(F)F)ccc(Cl)c2[nH]1. The van der Waals surface area contributed by atoms with Crippen LogP contribution >= 0.6 is 11.6 Å². The van der Waals surface area contributed by atoms with Crippen molar-refractivity contribution in [2.24, 2.45) is 0 Å². The number of H-pyrrole nitrogens is 1. The summed E-state index contributed by atoms with van der Waals surface area (Å²) in [6.07, 6.45) is -2.47. The van der Waals surface area contributed by atoms with Crippen molar-refractivity contribution in [1.29, 1.82) is 0 Å². The van der Waals surface area contributed by atoms with Gasteiger partial charge in [-0.05, 0) is 19.1 Å². The fourth-order valence-electron chi connectivity index (χ4n) is 1.53. The number of hydrogen-bond acceptors (Lipinski definition) is 0. The summed E-state index contributed by atoms with van der Waals surface area (Å²) in [6, 6.07) is 4.53. The van der Waals surface area contributed by atoms with E-state index >= 15 is 0 Å². The molecule has 0 bridgehead atoms. The quantitative estimate of drug-likeness (QED) is 0.738. The molecule has 2 rings (SSSR count). The number of fused-ring (bicyclic) bond motifs is 1. The highest BCUT2D eigenvalue weighted by molar-refractivity contribution is 6.35. The number of halogens is 3. The molecule has 1 aromatic heterocycles. The molecule has 0 fully saturated rings. The number of alkyl halides is 2. The average molecular weight is 216 g/mol. The molecule has 0 atom stereocenters. The van der Waals surface area contributed by atoms with Crippen molar-refractivity contribution >= 4 is 22.5 Å². The topological polar surface area (TPSA) is 15.8 Å². The molecule has 0 spiro atoms. The number of rotatable bonds is 1. The lowest BCUT2D eigenvalue weighted by molar-refractivity contribution is 0.153. The third-order valence-corrected chi connectivity index (χ3v) is 2.46. The van der Waals surface area contributed by atoms with E-state index in [-0.39, 0.29) is 5.56 Å². The van der Waals surface area contributed by atoms with E-state index in [4.69, 9.17) is 11.6 Å². The number of aromatic nitrogens is 1. The van der Waals surface area contributed by atoms with Gasteiger partial charge in [0.1, 0.15) is 0 Å². The predicted octanol–water partition coefficient (Wildman–Crippen LogP) is 4.07. The Bertz CT molecular complexity index is 476. The van der Waals surface area contributed by atoms with E-state index in [2.05, 4.69) is 4.98 Å². The summed E-state index contributed by atoms with van der Waals surface area (Å²) in [5.41, 5.74) is 1.44. The van der Waals surface area contributed by atoms with Crippen LogP contribution in [0.5, 0.6) is 0 Å². The lowest BCUT2D eigenvalue weighted by atomic mass is 10.1. The zero-order valence-corrected chi connectivity index (χ0v) is 8.20. The summed E-state index contributed by atoms with van der Waals surface area (Å²) in [5, 5.41) is 0.975. The highest BCUT2D eigenvalue weighted by Gasteiger charge is 2.14. The van der Waals surface area contributed by atoms with Crippen molar-refractivity contribution in [1.82, 2.24) is 4.98 Å². The van der Waals surface area contributed by atoms with Crippen LogP contribution in [0.15, 0.2) is 18.2 Å². The highest BCUT2D eigenvalue weighted by Crippen LogP contribution is 2.32. The van der Waals surface area contributed by atoms with Gasteiger partial charge >= 0.3 is 0 Å². The molecule has 1 N–H and O–H groups in total. The Morgan fingerprint density at radius 1 is 1.36 bits per heavy atom. The summed E-state index contributed by atoms with van der Waals surface area (Å²) in [4.78, 5) is 2.96. The van der Waals surface area contributed by atoms with E-state index in [0.717, 1.165) is 5.69 Å². The van der Waals surface area contributed by atoms with E-state index < -0.39 is 6.43 Å². The van der Waals surface area contributed by atoms with E-state index in [1.807, 2.05) is 6.92 Å². The van der Waals surface area contributed by atoms with Gasteiger partial charge in [0.05, 0.1) is 10.5 Å². The minimum atomic E-state index is -2.47. The third-order valence-electron chi connectivity index (χ3n) is 2.15. The van der Waals surface area contributed by atoms with E-state index in [9.17, 15) is 8.78 Å². The largest absolute Gasteiger partial charge is 0.357 e. The molecule has 0 aliphatic carbocycles. The monoisotopic (exact) mass is 215 g/mol. The van der Waals surface area contributed by atoms with Crippen LogP contribution in [0, 0.1) is 6.92 Å². The summed E-state index contributed by atoms with van der Waals surface area (Å²) >= 11 is 5.87. The Morgan fingerprint density at radius 2 is 2.07 bits per heavy atom. The normalized spacial score (nSPS) is 11.5. The molecule has 1 heterocycles. The van der Waals surface area contributed by atoms with Gasteiger partial charge in [0.15, 0.2) is 0 Å². The maximum atomic E-state index is 12.6. The Morgan fingerprint density at radius 3 is 2.71 bits per heavy atom. The molecule has 0 radical (unpaired) electrons. The van der Waals surface area contributed by atoms with Crippen LogP contribution < -0.4 is 0 Å². The van der Waals surface area contributed by atoms with Crippen LogP contribution in [0.4, 0.5) is 8.78 Å². The second-order valence-corrected chi connectivity index (χ2v) is 3.59. The summed E-state index contributed by atoms with van der Waals surface area (Å²) in [6.45, 7) is 1.81. The van der Waals surface area contributed by atoms with Crippen molar-refractivity contribution < 1.29 is 8.78 Å². The molecule has 2 aromatic rings. The first kappa shape index (κ1) is 9.46. The van der Waals surface area contributed by atoms with Crippen LogP contribution in [0.25, 0.3) is 10.9 Å². The van der Waals surface area contributed by atoms with Gasteiger partial charge in [0.25, 0.3) is 6.43 Å². The fraction of sp³-hybridized carbons (Fsp3) is 0.200. The Labute approximate surface area is 84.7 Å². The van der Waals surface area contributed by atoms with Crippen molar-refractivity contribution in [3.8, 4) is 0 Å². The Balaban J connectivity index is 2.81. The fourth-order valence-corrected chi connectivity index (χ4v) is 1.74. The van der Waals surface area contributed by atoms with Crippen LogP contribution in [0.2, 0.25) is 5.02 Å². The second-order valence-electron chi connectivity index (χ2n) is 3.18. The maximum absolute atomic E-state index is 12.6. The number of nitrogens with one attached hydrogen (secondary N) is 1. The number of hydrogen-bond donors (Lipinski definition) is 1. The third kappa shape index (κ3) is 1.38. The second kappa shape index (κ2) is 3.24. The van der Waals surface area contributed by atoms with Crippen LogP contribution in [-0.4, -0.2) is 4.98 Å². The molecule has 1 nitrogen and oxygen atoms in total. The smallest absolute Gasteiger partial charge is 0.264 e. The molecule has 0 saturated carbocycles. The van der Waals surface area contributed by atoms with Gasteiger partial charge in [-0.1, -0.05) is 17.7 Å². The Kier molecular flexibility index (Phi) is 2.19. The van der Waals surface area contributed by atoms with E-state index in [1.54, 1.807) is 6.07 Å². The molecule has 14 heavy (non-hydrogen) atoms. The molecular formula is C10H8ClF2N. The molecule has 0 amide bonds. The molecule has 4 heteroatoms. The molecule has 0 aliphatic rings. The van der Waals surface area contributed by atoms with Gasteiger partial charge < -0.3 is 4.98 Å². The zero-order valence-electron chi connectivity index (χ0n) is 7.44.